The van der Waals surface area contributed by atoms with Gasteiger partial charge in [0.05, 0.1) is 18.0 Å². The number of hydrogen-bond donors (Lipinski definition) is 0. The van der Waals surface area contributed by atoms with Crippen molar-refractivity contribution in [3.05, 3.63) is 54.1 Å². The molecule has 26 heavy (non-hydrogen) atoms. The van der Waals surface area contributed by atoms with Crippen LogP contribution in [-0.4, -0.2) is 6.61 Å². The van der Waals surface area contributed by atoms with Crippen LogP contribution in [0, 0.1) is 5.92 Å². The van der Waals surface area contributed by atoms with Crippen molar-refractivity contribution in [3.8, 4) is 5.75 Å². The summed E-state index contributed by atoms with van der Waals surface area (Å²) < 4.78 is 5.76. The highest BCUT2D eigenvalue weighted by Crippen LogP contribution is 2.23. The van der Waals surface area contributed by atoms with Gasteiger partial charge in [-0.15, -0.1) is 0 Å². The smallest absolute Gasteiger partial charge is 0.119 e. The minimum absolute atomic E-state index is 0.691. The average Bonchev–Trinajstić information content (AvgIpc) is 2.67. The van der Waals surface area contributed by atoms with Gasteiger partial charge in [0, 0.05) is 0 Å². The van der Waals surface area contributed by atoms with Crippen molar-refractivity contribution in [3.63, 3.8) is 0 Å². The Kier molecular flexibility index (Phi) is 8.88. The van der Waals surface area contributed by atoms with Gasteiger partial charge in [0.15, 0.2) is 0 Å². The van der Waals surface area contributed by atoms with Crippen molar-refractivity contribution < 1.29 is 4.74 Å². The van der Waals surface area contributed by atoms with Gasteiger partial charge >= 0.3 is 0 Å². The molecule has 1 atom stereocenters. The van der Waals surface area contributed by atoms with Crippen LogP contribution in [0.5, 0.6) is 5.75 Å². The molecule has 0 bridgehead atoms. The van der Waals surface area contributed by atoms with Crippen LogP contribution in [0.25, 0.3) is 0 Å². The van der Waals surface area contributed by atoms with Gasteiger partial charge in [-0.25, -0.2) is 0 Å². The molecule has 2 aromatic rings. The van der Waals surface area contributed by atoms with Crippen molar-refractivity contribution in [1.29, 1.82) is 0 Å². The summed E-state index contributed by atoms with van der Waals surface area (Å²) in [7, 11) is 0. The fraction of sp³-hybridized carbons (Fsp3) is 0.478. The maximum Gasteiger partial charge on any atom is 0.119 e. The van der Waals surface area contributed by atoms with Crippen LogP contribution in [0.1, 0.15) is 58.4 Å². The Labute approximate surface area is 158 Å². The molecular weight excluding hydrogens is 320 g/mol. The number of nitrogens with zero attached hydrogens (tertiary/aromatic N) is 2. The third-order valence-electron chi connectivity index (χ3n) is 4.58. The summed E-state index contributed by atoms with van der Waals surface area (Å²) in [5.74, 6) is 1.59. The number of hydrogen-bond acceptors (Lipinski definition) is 3. The molecule has 0 spiro atoms. The van der Waals surface area contributed by atoms with Gasteiger partial charge < -0.3 is 4.74 Å². The first-order valence-electron chi connectivity index (χ1n) is 9.94. The summed E-state index contributed by atoms with van der Waals surface area (Å²) in [4.78, 5) is 0. The molecular formula is C23H32N2O. The monoisotopic (exact) mass is 352 g/mol. The molecule has 0 saturated heterocycles. The highest BCUT2D eigenvalue weighted by atomic mass is 16.5. The lowest BCUT2D eigenvalue weighted by atomic mass is 9.99. The highest BCUT2D eigenvalue weighted by Gasteiger charge is 2.02. The third kappa shape index (κ3) is 7.38. The van der Waals surface area contributed by atoms with E-state index >= 15 is 0 Å². The zero-order valence-corrected chi connectivity index (χ0v) is 16.4. The second-order valence-electron chi connectivity index (χ2n) is 6.99. The van der Waals surface area contributed by atoms with Gasteiger partial charge in [-0.3, -0.25) is 0 Å². The van der Waals surface area contributed by atoms with Crippen molar-refractivity contribution in [1.82, 2.24) is 0 Å². The molecule has 0 aliphatic carbocycles. The lowest BCUT2D eigenvalue weighted by Gasteiger charge is -2.08. The average molecular weight is 353 g/mol. The van der Waals surface area contributed by atoms with E-state index in [-0.39, 0.29) is 0 Å². The highest BCUT2D eigenvalue weighted by molar-refractivity contribution is 5.43. The van der Waals surface area contributed by atoms with E-state index in [1.165, 1.54) is 31.2 Å². The molecule has 0 saturated carbocycles. The van der Waals surface area contributed by atoms with Crippen molar-refractivity contribution in [2.45, 2.75) is 59.3 Å². The van der Waals surface area contributed by atoms with Gasteiger partial charge in [0.25, 0.3) is 0 Å². The molecule has 3 nitrogen and oxygen atoms in total. The molecule has 1 unspecified atom stereocenters. The summed E-state index contributed by atoms with van der Waals surface area (Å²) in [5, 5.41) is 8.73. The Hall–Kier alpha value is -2.16. The van der Waals surface area contributed by atoms with E-state index in [1.54, 1.807) is 0 Å². The lowest BCUT2D eigenvalue weighted by Crippen LogP contribution is -1.96. The van der Waals surface area contributed by atoms with E-state index in [4.69, 9.17) is 4.74 Å². The van der Waals surface area contributed by atoms with E-state index < -0.39 is 0 Å². The molecule has 0 heterocycles. The van der Waals surface area contributed by atoms with Gasteiger partial charge in [0.1, 0.15) is 5.75 Å². The van der Waals surface area contributed by atoms with E-state index in [1.807, 2.05) is 30.3 Å². The Bertz CT molecular complexity index is 664. The minimum Gasteiger partial charge on any atom is -0.494 e. The van der Waals surface area contributed by atoms with Crippen LogP contribution in [-0.2, 0) is 6.42 Å². The van der Waals surface area contributed by atoms with Crippen LogP contribution in [0.3, 0.4) is 0 Å². The molecule has 0 aliphatic rings. The van der Waals surface area contributed by atoms with Crippen molar-refractivity contribution in [2.75, 3.05) is 6.61 Å². The summed E-state index contributed by atoms with van der Waals surface area (Å²) >= 11 is 0. The molecule has 0 aliphatic heterocycles. The molecule has 0 fully saturated rings. The Morgan fingerprint density at radius 3 is 2.38 bits per heavy atom. The van der Waals surface area contributed by atoms with E-state index in [0.717, 1.165) is 36.6 Å². The van der Waals surface area contributed by atoms with Crippen LogP contribution < -0.4 is 4.74 Å². The molecule has 2 aromatic carbocycles. The first-order chi connectivity index (χ1) is 12.7. The third-order valence-corrected chi connectivity index (χ3v) is 4.58. The van der Waals surface area contributed by atoms with E-state index in [2.05, 4.69) is 49.2 Å². The zero-order valence-electron chi connectivity index (χ0n) is 16.4. The fourth-order valence-electron chi connectivity index (χ4n) is 2.74. The SMILES string of the molecule is CCCCCCOc1ccc(N=Nc2cccc(CC(C)CC)c2)cc1. The number of unbranched alkanes of at least 4 members (excludes halogenated alkanes) is 3. The number of rotatable bonds is 11. The van der Waals surface area contributed by atoms with Crippen molar-refractivity contribution in [2.24, 2.45) is 16.1 Å². The Morgan fingerprint density at radius 1 is 0.885 bits per heavy atom. The maximum absolute atomic E-state index is 5.76. The first-order valence-corrected chi connectivity index (χ1v) is 9.94. The molecule has 3 heteroatoms. The topological polar surface area (TPSA) is 34.0 Å². The molecule has 140 valence electrons. The standard InChI is InChI=1S/C23H32N2O/c1-4-6-7-8-16-26-23-14-12-21(13-15-23)24-25-22-11-9-10-20(18-22)17-19(3)5-2/h9-15,18-19H,4-8,16-17H2,1-3H3. The quantitative estimate of drug-likeness (QED) is 0.302. The normalized spacial score (nSPS) is 12.4. The van der Waals surface area contributed by atoms with E-state index in [0.29, 0.717) is 5.92 Å². The lowest BCUT2D eigenvalue weighted by molar-refractivity contribution is 0.305. The number of azo groups is 1. The maximum atomic E-state index is 5.76. The van der Waals surface area contributed by atoms with Crippen molar-refractivity contribution >= 4 is 11.4 Å². The second kappa shape index (κ2) is 11.5. The van der Waals surface area contributed by atoms with Gasteiger partial charge in [-0.2, -0.15) is 10.2 Å². The zero-order chi connectivity index (χ0) is 18.6. The predicted octanol–water partition coefficient (Wildman–Crippen LogP) is 7.65. The van der Waals surface area contributed by atoms with Gasteiger partial charge in [-0.05, 0) is 60.7 Å². The minimum atomic E-state index is 0.691. The summed E-state index contributed by atoms with van der Waals surface area (Å²) in [6.07, 6.45) is 7.16. The Morgan fingerprint density at radius 2 is 1.65 bits per heavy atom. The van der Waals surface area contributed by atoms with Gasteiger partial charge in [-0.1, -0.05) is 58.6 Å². The first kappa shape index (κ1) is 20.2. The van der Waals surface area contributed by atoms with Crippen LogP contribution in [0.4, 0.5) is 11.4 Å². The number of benzene rings is 2. The fourth-order valence-corrected chi connectivity index (χ4v) is 2.74. The van der Waals surface area contributed by atoms with Gasteiger partial charge in [0.2, 0.25) is 0 Å². The number of ether oxygens (including phenoxy) is 1. The summed E-state index contributed by atoms with van der Waals surface area (Å²) in [6.45, 7) is 7.51. The molecule has 0 N–H and O–H groups in total. The predicted molar refractivity (Wildman–Crippen MR) is 110 cm³/mol. The Balaban J connectivity index is 1.87. The molecule has 0 amide bonds. The molecule has 0 radical (unpaired) electrons. The largest absolute Gasteiger partial charge is 0.494 e. The molecule has 0 aromatic heterocycles. The summed E-state index contributed by atoms with van der Waals surface area (Å²) in [6, 6.07) is 16.2. The second-order valence-corrected chi connectivity index (χ2v) is 6.99. The van der Waals surface area contributed by atoms with E-state index in [9.17, 15) is 0 Å². The van der Waals surface area contributed by atoms with Crippen LogP contribution >= 0.6 is 0 Å². The van der Waals surface area contributed by atoms with Crippen LogP contribution in [0.15, 0.2) is 58.8 Å². The summed E-state index contributed by atoms with van der Waals surface area (Å²) in [5.41, 5.74) is 3.07. The molecule has 2 rings (SSSR count). The van der Waals surface area contributed by atoms with Crippen LogP contribution in [0.2, 0.25) is 0 Å².